The van der Waals surface area contributed by atoms with Gasteiger partial charge in [0, 0.05) is 23.9 Å². The molecule has 0 radical (unpaired) electrons. The molecule has 2 aromatic rings. The van der Waals surface area contributed by atoms with E-state index in [4.69, 9.17) is 11.6 Å². The van der Waals surface area contributed by atoms with E-state index in [0.717, 1.165) is 12.3 Å². The van der Waals surface area contributed by atoms with Crippen LogP contribution < -0.4 is 5.43 Å². The minimum absolute atomic E-state index is 0.0420. The fourth-order valence-corrected chi connectivity index (χ4v) is 3.78. The maximum Gasteiger partial charge on any atom is 0.433 e. The second kappa shape index (κ2) is 12.5. The molecule has 0 saturated heterocycles. The van der Waals surface area contributed by atoms with E-state index in [-0.39, 0.29) is 24.2 Å². The molecule has 0 bridgehead atoms. The second-order valence-electron chi connectivity index (χ2n) is 8.08. The minimum Gasteiger partial charge on any atom is -0.271 e. The third-order valence-electron chi connectivity index (χ3n) is 5.44. The molecule has 2 aliphatic rings. The zero-order valence-electron chi connectivity index (χ0n) is 21.1. The van der Waals surface area contributed by atoms with Crippen molar-refractivity contribution in [2.45, 2.75) is 20.0 Å². The molecule has 2 aromatic carbocycles. The zero-order chi connectivity index (χ0) is 28.7. The summed E-state index contributed by atoms with van der Waals surface area (Å²) in [5, 5.41) is 7.56. The number of hydrazone groups is 1. The number of hydrazine groups is 1. The van der Waals surface area contributed by atoms with Crippen LogP contribution in [0.1, 0.15) is 25.0 Å². The standard InChI is InChI=1S/C19H14ClFN4O2.C8H10F3N/c1-24-19(27)17(12-2-6-13(20)7-3-12)16(11-4-8-14(21)9-5-11)18-23-22-15(26)10-25(18)24;1-3-5-6-7(12-4-2)8(9,10)11/h2-9H,10H2,1H3,(H,22,26);3-6H,1-2H3/b;5-3+,7-6-,12-4?. The quantitative estimate of drug-likeness (QED) is 0.299. The zero-order valence-corrected chi connectivity index (χ0v) is 21.9. The SMILES string of the molecule is CC=N/C(=C\C=C\C)C(F)(F)F.CN1C(=O)C(c2ccc(Cl)cc2)=C(c2ccc(F)cc2)C2=NNC(=O)CN21. The number of halogens is 5. The van der Waals surface area contributed by atoms with Gasteiger partial charge in [-0.25, -0.2) is 9.82 Å². The van der Waals surface area contributed by atoms with Crippen LogP contribution in [0.4, 0.5) is 17.6 Å². The molecule has 0 saturated carbocycles. The van der Waals surface area contributed by atoms with Crippen molar-refractivity contribution in [2.24, 2.45) is 10.1 Å². The van der Waals surface area contributed by atoms with Gasteiger partial charge in [0.1, 0.15) is 18.1 Å². The van der Waals surface area contributed by atoms with Gasteiger partial charge in [-0.15, -0.1) is 0 Å². The van der Waals surface area contributed by atoms with Gasteiger partial charge in [0.25, 0.3) is 11.8 Å². The smallest absolute Gasteiger partial charge is 0.271 e. The van der Waals surface area contributed by atoms with Gasteiger partial charge in [0.15, 0.2) is 5.84 Å². The van der Waals surface area contributed by atoms with E-state index in [1.807, 2.05) is 0 Å². The van der Waals surface area contributed by atoms with Crippen molar-refractivity contribution in [1.82, 2.24) is 15.4 Å². The molecule has 204 valence electrons. The summed E-state index contributed by atoms with van der Waals surface area (Å²) in [6.07, 6.45) is 0.488. The Labute approximate surface area is 227 Å². The number of fused-ring (bicyclic) bond motifs is 1. The van der Waals surface area contributed by atoms with Crippen molar-refractivity contribution in [3.63, 3.8) is 0 Å². The fraction of sp³-hybridized carbons (Fsp3) is 0.185. The summed E-state index contributed by atoms with van der Waals surface area (Å²) in [5.41, 5.74) is 3.73. The van der Waals surface area contributed by atoms with Crippen LogP contribution >= 0.6 is 11.6 Å². The number of alkyl halides is 3. The number of amidine groups is 1. The van der Waals surface area contributed by atoms with Crippen LogP contribution in [0.3, 0.4) is 0 Å². The molecule has 2 heterocycles. The number of hydrogen-bond acceptors (Lipinski definition) is 5. The highest BCUT2D eigenvalue weighted by molar-refractivity contribution is 6.43. The Balaban J connectivity index is 0.000000298. The van der Waals surface area contributed by atoms with Gasteiger partial charge in [-0.2, -0.15) is 18.3 Å². The van der Waals surface area contributed by atoms with Gasteiger partial charge in [-0.05, 0) is 55.3 Å². The number of carbonyl (C=O) groups is 2. The summed E-state index contributed by atoms with van der Waals surface area (Å²) in [7, 11) is 1.58. The van der Waals surface area contributed by atoms with E-state index < -0.39 is 11.9 Å². The van der Waals surface area contributed by atoms with E-state index in [2.05, 4.69) is 15.5 Å². The number of likely N-dealkylation sites (N-methyl/N-ethyl adjacent to an activating group) is 1. The van der Waals surface area contributed by atoms with E-state index >= 15 is 0 Å². The number of benzene rings is 2. The van der Waals surface area contributed by atoms with Crippen molar-refractivity contribution in [1.29, 1.82) is 0 Å². The molecule has 2 aliphatic heterocycles. The normalized spacial score (nSPS) is 16.3. The molecule has 0 atom stereocenters. The maximum absolute atomic E-state index is 13.4. The largest absolute Gasteiger partial charge is 0.433 e. The number of hydrogen-bond donors (Lipinski definition) is 1. The molecule has 1 N–H and O–H groups in total. The van der Waals surface area contributed by atoms with Gasteiger partial charge in [0.05, 0.1) is 5.57 Å². The van der Waals surface area contributed by atoms with Crippen LogP contribution in [-0.4, -0.2) is 53.7 Å². The van der Waals surface area contributed by atoms with Gasteiger partial charge in [0.2, 0.25) is 0 Å². The Morgan fingerprint density at radius 2 is 1.62 bits per heavy atom. The summed E-state index contributed by atoms with van der Waals surface area (Å²) in [6.45, 7) is 3.04. The Morgan fingerprint density at radius 1 is 1.03 bits per heavy atom. The molecule has 0 fully saturated rings. The molecular weight excluding hydrogens is 538 g/mol. The predicted octanol–water partition coefficient (Wildman–Crippen LogP) is 5.62. The Kier molecular flexibility index (Phi) is 9.42. The minimum atomic E-state index is -4.37. The van der Waals surface area contributed by atoms with Crippen LogP contribution in [0, 0.1) is 5.82 Å². The number of carbonyl (C=O) groups excluding carboxylic acids is 2. The Hall–Kier alpha value is -4.25. The van der Waals surface area contributed by atoms with Crippen LogP contribution in [0.15, 0.2) is 82.5 Å². The molecule has 0 spiro atoms. The highest BCUT2D eigenvalue weighted by Crippen LogP contribution is 2.35. The first-order valence-electron chi connectivity index (χ1n) is 11.5. The fourth-order valence-electron chi connectivity index (χ4n) is 3.65. The molecule has 39 heavy (non-hydrogen) atoms. The van der Waals surface area contributed by atoms with Crippen LogP contribution in [0.2, 0.25) is 5.02 Å². The number of nitrogens with zero attached hydrogens (tertiary/aromatic N) is 4. The molecule has 7 nitrogen and oxygen atoms in total. The van der Waals surface area contributed by atoms with Gasteiger partial charge >= 0.3 is 6.18 Å². The highest BCUT2D eigenvalue weighted by atomic mass is 35.5. The van der Waals surface area contributed by atoms with E-state index in [9.17, 15) is 27.2 Å². The number of rotatable bonds is 4. The van der Waals surface area contributed by atoms with E-state index in [1.54, 1.807) is 50.4 Å². The van der Waals surface area contributed by atoms with Crippen molar-refractivity contribution in [2.75, 3.05) is 13.6 Å². The number of aliphatic imine (C=N–C) groups is 1. The summed E-state index contributed by atoms with van der Waals surface area (Å²) in [4.78, 5) is 28.1. The van der Waals surface area contributed by atoms with Crippen LogP contribution in [-0.2, 0) is 9.59 Å². The molecular formula is C27H24ClF4N5O2. The lowest BCUT2D eigenvalue weighted by Crippen LogP contribution is -2.57. The topological polar surface area (TPSA) is 77.4 Å². The van der Waals surface area contributed by atoms with Crippen LogP contribution in [0.5, 0.6) is 0 Å². The monoisotopic (exact) mass is 561 g/mol. The lowest BCUT2D eigenvalue weighted by atomic mass is 9.91. The van der Waals surface area contributed by atoms with Gasteiger partial charge in [-0.3, -0.25) is 24.6 Å². The first kappa shape index (κ1) is 29.3. The summed E-state index contributed by atoms with van der Waals surface area (Å²) >= 11 is 5.98. The third-order valence-corrected chi connectivity index (χ3v) is 5.69. The number of allylic oxidation sites excluding steroid dienone is 4. The summed E-state index contributed by atoms with van der Waals surface area (Å²) in [6, 6.07) is 12.7. The predicted molar refractivity (Wildman–Crippen MR) is 143 cm³/mol. The Bertz CT molecular complexity index is 1380. The number of nitrogens with one attached hydrogen (secondary N) is 1. The molecule has 0 unspecified atom stereocenters. The van der Waals surface area contributed by atoms with Gasteiger partial charge < -0.3 is 0 Å². The molecule has 12 heteroatoms. The average molecular weight is 562 g/mol. The first-order valence-corrected chi connectivity index (χ1v) is 11.9. The molecule has 0 aliphatic carbocycles. The number of amides is 2. The lowest BCUT2D eigenvalue weighted by molar-refractivity contribution is -0.137. The highest BCUT2D eigenvalue weighted by Gasteiger charge is 2.39. The van der Waals surface area contributed by atoms with E-state index in [0.29, 0.717) is 33.1 Å². The molecule has 2 amide bonds. The lowest BCUT2D eigenvalue weighted by Gasteiger charge is -2.41. The molecule has 0 aromatic heterocycles. The second-order valence-corrected chi connectivity index (χ2v) is 8.52. The summed E-state index contributed by atoms with van der Waals surface area (Å²) < 4.78 is 49.5. The molecule has 4 rings (SSSR count). The summed E-state index contributed by atoms with van der Waals surface area (Å²) in [5.74, 6) is -0.604. The van der Waals surface area contributed by atoms with E-state index in [1.165, 1.54) is 41.2 Å². The maximum atomic E-state index is 13.4. The van der Waals surface area contributed by atoms with Crippen molar-refractivity contribution in [3.05, 3.63) is 94.4 Å². The van der Waals surface area contributed by atoms with Crippen LogP contribution in [0.25, 0.3) is 11.1 Å². The Morgan fingerprint density at radius 3 is 2.18 bits per heavy atom. The average Bonchev–Trinajstić information content (AvgIpc) is 2.90. The van der Waals surface area contributed by atoms with Gasteiger partial charge in [-0.1, -0.05) is 48.0 Å². The van der Waals surface area contributed by atoms with Crippen molar-refractivity contribution < 1.29 is 27.2 Å². The third kappa shape index (κ3) is 6.99. The first-order chi connectivity index (χ1) is 18.5. The van der Waals surface area contributed by atoms with Crippen molar-refractivity contribution in [3.8, 4) is 0 Å². The van der Waals surface area contributed by atoms with Crippen molar-refractivity contribution >= 4 is 46.6 Å².